The highest BCUT2D eigenvalue weighted by Crippen LogP contribution is 2.55. The molecule has 3 saturated heterocycles. The maximum absolute atomic E-state index is 13.5. The standard InChI is InChI=1S/C46H54ClN9O5.2CH4/c1-45(2)42(46(3,4)43(45)61-35-15-10-32(27-48)36(47)26-35)50-40(58)31-8-13-33(14-9-31)54-20-18-29(19-21-54)28-53-22-24-55(25-23-53)34-11-6-30(7-12-34)39-51-56(44(60)52(39)5)37-16-17-38(57)49-41(37)59;;/h6-15,26,29,37,42-43H,16-25,28H2,1-5H3,(H,50,58)(H,49,57,59);2*1H4. The van der Waals surface area contributed by atoms with Gasteiger partial charge in [0.2, 0.25) is 5.91 Å². The summed E-state index contributed by atoms with van der Waals surface area (Å²) in [4.78, 5) is 57.9. The molecule has 4 aliphatic rings. The molecular weight excluding hydrogens is 818 g/mol. The van der Waals surface area contributed by atoms with Crippen molar-refractivity contribution in [1.82, 2.24) is 29.9 Å². The van der Waals surface area contributed by atoms with Gasteiger partial charge in [0.25, 0.3) is 11.8 Å². The van der Waals surface area contributed by atoms with E-state index in [4.69, 9.17) is 16.3 Å². The first kappa shape index (κ1) is 46.8. The van der Waals surface area contributed by atoms with Crippen molar-refractivity contribution in [3.8, 4) is 23.2 Å². The molecule has 3 aromatic carbocycles. The molecule has 1 unspecified atom stereocenters. The number of piperidine rings is 2. The fourth-order valence-electron chi connectivity index (χ4n) is 10.2. The molecule has 14 nitrogen and oxygen atoms in total. The average molecular weight is 881 g/mol. The van der Waals surface area contributed by atoms with Crippen LogP contribution in [0.5, 0.6) is 5.75 Å². The maximum Gasteiger partial charge on any atom is 0.346 e. The average Bonchev–Trinajstić information content (AvgIpc) is 3.54. The number of hydrogen-bond acceptors (Lipinski definition) is 10. The summed E-state index contributed by atoms with van der Waals surface area (Å²) in [5.41, 5.74) is 3.01. The van der Waals surface area contributed by atoms with E-state index in [-0.39, 0.29) is 68.2 Å². The van der Waals surface area contributed by atoms with Gasteiger partial charge < -0.3 is 19.9 Å². The van der Waals surface area contributed by atoms with Gasteiger partial charge in [0.05, 0.1) is 10.6 Å². The number of nitriles is 1. The summed E-state index contributed by atoms with van der Waals surface area (Å²) in [6.45, 7) is 15.3. The Labute approximate surface area is 376 Å². The number of halogens is 1. The molecule has 15 heteroatoms. The van der Waals surface area contributed by atoms with Crippen LogP contribution in [-0.2, 0) is 16.6 Å². The predicted molar refractivity (Wildman–Crippen MR) is 247 cm³/mol. The number of nitrogens with one attached hydrogen (secondary N) is 2. The molecule has 4 fully saturated rings. The van der Waals surface area contributed by atoms with Gasteiger partial charge in [-0.25, -0.2) is 9.48 Å². The molecule has 0 bridgehead atoms. The van der Waals surface area contributed by atoms with E-state index in [2.05, 4.69) is 88.5 Å². The van der Waals surface area contributed by atoms with Crippen molar-refractivity contribution in [2.24, 2.45) is 23.8 Å². The molecule has 4 heterocycles. The topological polar surface area (TPSA) is 158 Å². The molecule has 1 saturated carbocycles. The zero-order valence-electron chi connectivity index (χ0n) is 35.5. The highest BCUT2D eigenvalue weighted by atomic mass is 35.5. The minimum Gasteiger partial charge on any atom is -0.489 e. The van der Waals surface area contributed by atoms with Crippen LogP contribution in [0.4, 0.5) is 11.4 Å². The first-order valence-electron chi connectivity index (χ1n) is 21.2. The van der Waals surface area contributed by atoms with Crippen LogP contribution in [-0.4, -0.2) is 94.9 Å². The molecule has 0 spiro atoms. The second-order valence-electron chi connectivity index (χ2n) is 18.2. The maximum atomic E-state index is 13.5. The Balaban J connectivity index is 0.00000330. The van der Waals surface area contributed by atoms with Crippen molar-refractivity contribution in [3.05, 3.63) is 93.4 Å². The lowest BCUT2D eigenvalue weighted by Crippen LogP contribution is -2.74. The van der Waals surface area contributed by atoms with E-state index in [0.717, 1.165) is 75.6 Å². The molecule has 63 heavy (non-hydrogen) atoms. The highest BCUT2D eigenvalue weighted by Gasteiger charge is 2.64. The number of piperazine rings is 1. The number of carbonyl (C=O) groups excluding carboxylic acids is 3. The summed E-state index contributed by atoms with van der Waals surface area (Å²) >= 11 is 6.26. The van der Waals surface area contributed by atoms with E-state index in [0.29, 0.717) is 33.6 Å². The minimum absolute atomic E-state index is 0. The van der Waals surface area contributed by atoms with Crippen LogP contribution in [0.3, 0.4) is 0 Å². The summed E-state index contributed by atoms with van der Waals surface area (Å²) in [5, 5.41) is 19.7. The van der Waals surface area contributed by atoms with Crippen LogP contribution < -0.4 is 30.9 Å². The van der Waals surface area contributed by atoms with Crippen LogP contribution in [0.1, 0.15) is 90.2 Å². The smallest absolute Gasteiger partial charge is 0.346 e. The first-order valence-corrected chi connectivity index (χ1v) is 21.6. The van der Waals surface area contributed by atoms with Gasteiger partial charge in [-0.3, -0.25) is 29.2 Å². The molecular formula is C48H62ClN9O5. The van der Waals surface area contributed by atoms with Crippen molar-refractivity contribution in [2.75, 3.05) is 55.6 Å². The zero-order chi connectivity index (χ0) is 43.2. The van der Waals surface area contributed by atoms with Gasteiger partial charge in [-0.05, 0) is 85.8 Å². The number of rotatable bonds is 10. The number of anilines is 2. The first-order chi connectivity index (χ1) is 29.1. The van der Waals surface area contributed by atoms with Gasteiger partial charge in [0.1, 0.15) is 24.0 Å². The van der Waals surface area contributed by atoms with Gasteiger partial charge in [0.15, 0.2) is 5.82 Å². The zero-order valence-corrected chi connectivity index (χ0v) is 36.2. The number of amides is 3. The number of nitrogens with zero attached hydrogens (tertiary/aromatic N) is 7. The summed E-state index contributed by atoms with van der Waals surface area (Å²) in [6, 6.07) is 22.3. The molecule has 336 valence electrons. The van der Waals surface area contributed by atoms with Gasteiger partial charge >= 0.3 is 5.69 Å². The number of imide groups is 1. The SMILES string of the molecule is C.C.Cn1c(-c2ccc(N3CCN(CC4CCN(c5ccc(C(=O)NC6C(C)(C)C(Oc7ccc(C#N)c(Cl)c7)C6(C)C)cc5)CC4)CC3)cc2)nn(C2CCC(=O)NC2=O)c1=O. The Morgan fingerprint density at radius 1 is 0.873 bits per heavy atom. The van der Waals surface area contributed by atoms with E-state index < -0.39 is 11.9 Å². The van der Waals surface area contributed by atoms with E-state index in [9.17, 15) is 24.4 Å². The second-order valence-corrected chi connectivity index (χ2v) is 18.6. The van der Waals surface area contributed by atoms with E-state index in [1.807, 2.05) is 24.3 Å². The van der Waals surface area contributed by atoms with Crippen LogP contribution >= 0.6 is 11.6 Å². The largest absolute Gasteiger partial charge is 0.489 e. The number of aromatic nitrogens is 3. The lowest BCUT2D eigenvalue weighted by Gasteiger charge is -2.63. The van der Waals surface area contributed by atoms with Gasteiger partial charge in [-0.15, -0.1) is 5.10 Å². The molecule has 2 N–H and O–H groups in total. The molecule has 3 aliphatic heterocycles. The molecule has 0 radical (unpaired) electrons. The summed E-state index contributed by atoms with van der Waals surface area (Å²) in [7, 11) is 1.65. The number of benzene rings is 3. The van der Waals surface area contributed by atoms with Gasteiger partial charge in [0, 0.05) is 105 Å². The van der Waals surface area contributed by atoms with E-state index in [1.165, 1.54) is 9.25 Å². The van der Waals surface area contributed by atoms with E-state index in [1.54, 1.807) is 25.2 Å². The Morgan fingerprint density at radius 2 is 1.48 bits per heavy atom. The third kappa shape index (κ3) is 9.22. The fraction of sp³-hybridized carbons (Fsp3) is 0.500. The lowest BCUT2D eigenvalue weighted by atomic mass is 9.49. The second kappa shape index (κ2) is 18.6. The van der Waals surface area contributed by atoms with Crippen molar-refractivity contribution in [1.29, 1.82) is 5.26 Å². The summed E-state index contributed by atoms with van der Waals surface area (Å²) < 4.78 is 9.03. The Morgan fingerprint density at radius 3 is 2.06 bits per heavy atom. The molecule has 4 aromatic rings. The molecule has 1 aromatic heterocycles. The van der Waals surface area contributed by atoms with Crippen molar-refractivity contribution < 1.29 is 19.1 Å². The predicted octanol–water partition coefficient (Wildman–Crippen LogP) is 6.67. The number of ether oxygens (including phenoxy) is 1. The van der Waals surface area contributed by atoms with Crippen LogP contribution in [0.15, 0.2) is 71.5 Å². The molecule has 1 atom stereocenters. The van der Waals surface area contributed by atoms with Crippen molar-refractivity contribution in [3.63, 3.8) is 0 Å². The highest BCUT2D eigenvalue weighted by molar-refractivity contribution is 6.31. The van der Waals surface area contributed by atoms with Crippen LogP contribution in [0.25, 0.3) is 11.4 Å². The van der Waals surface area contributed by atoms with E-state index >= 15 is 0 Å². The summed E-state index contributed by atoms with van der Waals surface area (Å²) in [5.74, 6) is 0.789. The van der Waals surface area contributed by atoms with Crippen molar-refractivity contribution >= 4 is 40.7 Å². The molecule has 3 amide bonds. The Kier molecular flexibility index (Phi) is 13.8. The fourth-order valence-corrected chi connectivity index (χ4v) is 10.4. The van der Waals surface area contributed by atoms with Gasteiger partial charge in [-0.1, -0.05) is 54.1 Å². The Bertz CT molecular complexity index is 2390. The van der Waals surface area contributed by atoms with Crippen LogP contribution in [0.2, 0.25) is 5.02 Å². The monoisotopic (exact) mass is 879 g/mol. The third-order valence-corrected chi connectivity index (χ3v) is 13.7. The summed E-state index contributed by atoms with van der Waals surface area (Å²) in [6.07, 6.45) is 2.50. The third-order valence-electron chi connectivity index (χ3n) is 13.4. The van der Waals surface area contributed by atoms with Crippen molar-refractivity contribution in [2.45, 2.75) is 86.4 Å². The van der Waals surface area contributed by atoms with Gasteiger partial charge in [-0.2, -0.15) is 5.26 Å². The number of carbonyl (C=O) groups is 3. The Hall–Kier alpha value is -5.65. The molecule has 8 rings (SSSR count). The minimum atomic E-state index is -0.798. The molecule has 1 aliphatic carbocycles. The normalized spacial score (nSPS) is 22.1. The lowest BCUT2D eigenvalue weighted by molar-refractivity contribution is -0.164. The quantitative estimate of drug-likeness (QED) is 0.165. The van der Waals surface area contributed by atoms with Crippen LogP contribution in [0, 0.1) is 28.1 Å². The number of hydrogen-bond donors (Lipinski definition) is 2.